The molecule has 1 aliphatic rings. The first kappa shape index (κ1) is 12.2. The summed E-state index contributed by atoms with van der Waals surface area (Å²) in [5, 5.41) is 10.6. The van der Waals surface area contributed by atoms with E-state index in [0.717, 1.165) is 11.1 Å². The minimum absolute atomic E-state index is 0.0507. The van der Waals surface area contributed by atoms with Crippen molar-refractivity contribution in [2.24, 2.45) is 0 Å². The Morgan fingerprint density at radius 2 is 1.63 bits per heavy atom. The van der Waals surface area contributed by atoms with Gasteiger partial charge in [-0.3, -0.25) is 0 Å². The third-order valence-electron chi connectivity index (χ3n) is 4.14. The minimum atomic E-state index is -0.457. The SMILES string of the molecule is Cc1cccc(C2C=Cc3ccccc3C2O)c1C. The summed E-state index contributed by atoms with van der Waals surface area (Å²) in [6.45, 7) is 4.25. The van der Waals surface area contributed by atoms with Crippen LogP contribution in [-0.4, -0.2) is 5.11 Å². The molecule has 1 aliphatic carbocycles. The van der Waals surface area contributed by atoms with Crippen molar-refractivity contribution in [3.8, 4) is 0 Å². The van der Waals surface area contributed by atoms with Gasteiger partial charge < -0.3 is 5.11 Å². The molecule has 0 fully saturated rings. The van der Waals surface area contributed by atoms with Crippen molar-refractivity contribution in [3.05, 3.63) is 76.4 Å². The maximum atomic E-state index is 10.6. The topological polar surface area (TPSA) is 20.2 Å². The van der Waals surface area contributed by atoms with Crippen LogP contribution in [0.15, 0.2) is 48.5 Å². The van der Waals surface area contributed by atoms with Crippen LogP contribution in [0.4, 0.5) is 0 Å². The van der Waals surface area contributed by atoms with E-state index in [1.165, 1.54) is 16.7 Å². The van der Waals surface area contributed by atoms with Crippen LogP contribution in [0.5, 0.6) is 0 Å². The molecule has 0 spiro atoms. The predicted octanol–water partition coefficient (Wildman–Crippen LogP) is 4.15. The maximum Gasteiger partial charge on any atom is 0.0899 e. The fourth-order valence-electron chi connectivity index (χ4n) is 2.85. The second-order valence-electron chi connectivity index (χ2n) is 5.25. The van der Waals surface area contributed by atoms with Crippen LogP contribution < -0.4 is 0 Å². The van der Waals surface area contributed by atoms with Gasteiger partial charge in [0.1, 0.15) is 0 Å². The predicted molar refractivity (Wildman–Crippen MR) is 79.1 cm³/mol. The van der Waals surface area contributed by atoms with E-state index in [4.69, 9.17) is 0 Å². The molecule has 0 radical (unpaired) electrons. The van der Waals surface area contributed by atoms with Crippen LogP contribution in [-0.2, 0) is 0 Å². The number of rotatable bonds is 1. The van der Waals surface area contributed by atoms with Crippen molar-refractivity contribution in [2.45, 2.75) is 25.9 Å². The number of hydrogen-bond donors (Lipinski definition) is 1. The Balaban J connectivity index is 2.07. The molecule has 19 heavy (non-hydrogen) atoms. The molecule has 1 N–H and O–H groups in total. The maximum absolute atomic E-state index is 10.6. The first-order chi connectivity index (χ1) is 9.18. The summed E-state index contributed by atoms with van der Waals surface area (Å²) >= 11 is 0. The highest BCUT2D eigenvalue weighted by Gasteiger charge is 2.26. The summed E-state index contributed by atoms with van der Waals surface area (Å²) in [7, 11) is 0. The van der Waals surface area contributed by atoms with Crippen LogP contribution in [0.25, 0.3) is 6.08 Å². The average molecular weight is 250 g/mol. The lowest BCUT2D eigenvalue weighted by Gasteiger charge is -2.27. The van der Waals surface area contributed by atoms with E-state index in [1.54, 1.807) is 0 Å². The Labute approximate surface area is 114 Å². The van der Waals surface area contributed by atoms with Gasteiger partial charge in [-0.1, -0.05) is 54.6 Å². The summed E-state index contributed by atoms with van der Waals surface area (Å²) in [5.41, 5.74) is 5.92. The lowest BCUT2D eigenvalue weighted by Crippen LogP contribution is -2.14. The molecule has 2 atom stereocenters. The molecule has 2 aromatic rings. The van der Waals surface area contributed by atoms with Gasteiger partial charge in [-0.15, -0.1) is 0 Å². The zero-order valence-corrected chi connectivity index (χ0v) is 11.3. The number of aliphatic hydroxyl groups is 1. The fourth-order valence-corrected chi connectivity index (χ4v) is 2.85. The molecule has 0 aliphatic heterocycles. The van der Waals surface area contributed by atoms with Crippen molar-refractivity contribution in [1.29, 1.82) is 0 Å². The first-order valence-corrected chi connectivity index (χ1v) is 6.70. The van der Waals surface area contributed by atoms with Gasteiger partial charge in [-0.25, -0.2) is 0 Å². The molecule has 0 saturated heterocycles. The van der Waals surface area contributed by atoms with Crippen molar-refractivity contribution >= 4 is 6.08 Å². The highest BCUT2D eigenvalue weighted by molar-refractivity contribution is 5.60. The number of benzene rings is 2. The molecular formula is C18H18O. The van der Waals surface area contributed by atoms with E-state index in [1.807, 2.05) is 24.3 Å². The lowest BCUT2D eigenvalue weighted by molar-refractivity contribution is 0.160. The fraction of sp³-hybridized carbons (Fsp3) is 0.222. The highest BCUT2D eigenvalue weighted by atomic mass is 16.3. The van der Waals surface area contributed by atoms with Crippen molar-refractivity contribution in [2.75, 3.05) is 0 Å². The number of aryl methyl sites for hydroxylation is 1. The summed E-state index contributed by atoms with van der Waals surface area (Å²) < 4.78 is 0. The number of aliphatic hydroxyl groups excluding tert-OH is 1. The number of fused-ring (bicyclic) bond motifs is 1. The smallest absolute Gasteiger partial charge is 0.0899 e. The summed E-state index contributed by atoms with van der Waals surface area (Å²) in [4.78, 5) is 0. The van der Waals surface area contributed by atoms with Crippen LogP contribution >= 0.6 is 0 Å². The summed E-state index contributed by atoms with van der Waals surface area (Å²) in [6, 6.07) is 14.4. The van der Waals surface area contributed by atoms with Crippen LogP contribution in [0, 0.1) is 13.8 Å². The standard InChI is InChI=1S/C18H18O/c1-12-6-5-9-15(13(12)2)17-11-10-14-7-3-4-8-16(14)18(17)19/h3-11,17-19H,1-2H3. The summed E-state index contributed by atoms with van der Waals surface area (Å²) in [6.07, 6.45) is 3.78. The zero-order chi connectivity index (χ0) is 13.4. The van der Waals surface area contributed by atoms with Gasteiger partial charge in [0.15, 0.2) is 0 Å². The second kappa shape index (κ2) is 4.67. The van der Waals surface area contributed by atoms with Crippen LogP contribution in [0.3, 0.4) is 0 Å². The molecule has 0 bridgehead atoms. The van der Waals surface area contributed by atoms with Crippen LogP contribution in [0.1, 0.15) is 39.8 Å². The van der Waals surface area contributed by atoms with Gasteiger partial charge in [0.2, 0.25) is 0 Å². The van der Waals surface area contributed by atoms with Crippen molar-refractivity contribution in [1.82, 2.24) is 0 Å². The average Bonchev–Trinajstić information content (AvgIpc) is 2.43. The quantitative estimate of drug-likeness (QED) is 0.806. The highest BCUT2D eigenvalue weighted by Crippen LogP contribution is 2.39. The molecule has 0 heterocycles. The largest absolute Gasteiger partial charge is 0.387 e. The molecule has 0 amide bonds. The van der Waals surface area contributed by atoms with Crippen molar-refractivity contribution in [3.63, 3.8) is 0 Å². The normalized spacial score (nSPS) is 21.2. The van der Waals surface area contributed by atoms with Gasteiger partial charge in [0.25, 0.3) is 0 Å². The second-order valence-corrected chi connectivity index (χ2v) is 5.25. The van der Waals surface area contributed by atoms with Gasteiger partial charge in [-0.2, -0.15) is 0 Å². The van der Waals surface area contributed by atoms with Crippen molar-refractivity contribution < 1.29 is 5.11 Å². The third-order valence-corrected chi connectivity index (χ3v) is 4.14. The molecular weight excluding hydrogens is 232 g/mol. The summed E-state index contributed by atoms with van der Waals surface area (Å²) in [5.74, 6) is 0.0507. The Morgan fingerprint density at radius 3 is 2.47 bits per heavy atom. The molecule has 0 aromatic heterocycles. The Kier molecular flexibility index (Phi) is 3.00. The van der Waals surface area contributed by atoms with E-state index >= 15 is 0 Å². The Hall–Kier alpha value is -1.86. The third kappa shape index (κ3) is 2.00. The molecule has 3 rings (SSSR count). The van der Waals surface area contributed by atoms with Crippen LogP contribution in [0.2, 0.25) is 0 Å². The zero-order valence-electron chi connectivity index (χ0n) is 11.3. The molecule has 1 heteroatoms. The monoisotopic (exact) mass is 250 g/mol. The Morgan fingerprint density at radius 1 is 0.895 bits per heavy atom. The molecule has 1 nitrogen and oxygen atoms in total. The molecule has 2 unspecified atom stereocenters. The molecule has 96 valence electrons. The molecule has 0 saturated carbocycles. The lowest BCUT2D eigenvalue weighted by atomic mass is 9.80. The Bertz CT molecular complexity index is 640. The molecule has 2 aromatic carbocycles. The van der Waals surface area contributed by atoms with Gasteiger partial charge in [0.05, 0.1) is 6.10 Å². The van der Waals surface area contributed by atoms with E-state index in [2.05, 4.69) is 44.2 Å². The van der Waals surface area contributed by atoms with E-state index in [9.17, 15) is 5.11 Å². The number of hydrogen-bond acceptors (Lipinski definition) is 1. The van der Waals surface area contributed by atoms with Gasteiger partial charge in [-0.05, 0) is 41.7 Å². The van der Waals surface area contributed by atoms with E-state index in [-0.39, 0.29) is 5.92 Å². The van der Waals surface area contributed by atoms with E-state index in [0.29, 0.717) is 0 Å². The van der Waals surface area contributed by atoms with Gasteiger partial charge in [0, 0.05) is 5.92 Å². The first-order valence-electron chi connectivity index (χ1n) is 6.70. The minimum Gasteiger partial charge on any atom is -0.387 e. The van der Waals surface area contributed by atoms with E-state index < -0.39 is 6.10 Å². The van der Waals surface area contributed by atoms with Gasteiger partial charge >= 0.3 is 0 Å².